The quantitative estimate of drug-likeness (QED) is 0.913. The van der Waals surface area contributed by atoms with E-state index < -0.39 is 11.8 Å². The third kappa shape index (κ3) is 1.83. The molecule has 1 heterocycles. The Kier molecular flexibility index (Phi) is 2.39. The van der Waals surface area contributed by atoms with E-state index in [0.717, 1.165) is 5.56 Å². The second-order valence-electron chi connectivity index (χ2n) is 3.65. The minimum absolute atomic E-state index is 0.0316. The molecule has 0 saturated heterocycles. The van der Waals surface area contributed by atoms with E-state index in [1.54, 1.807) is 6.07 Å². The maximum absolute atomic E-state index is 12.6. The van der Waals surface area contributed by atoms with Gasteiger partial charge in [0.05, 0.1) is 6.26 Å². The summed E-state index contributed by atoms with van der Waals surface area (Å²) in [5.74, 6) is -3.05. The second-order valence-corrected chi connectivity index (χ2v) is 4.37. The Morgan fingerprint density at radius 3 is 2.79 bits per heavy atom. The molecule has 1 fully saturated rings. The van der Waals surface area contributed by atoms with Crippen molar-refractivity contribution in [2.45, 2.75) is 24.8 Å². The fourth-order valence-electron chi connectivity index (χ4n) is 1.53. The van der Waals surface area contributed by atoms with Gasteiger partial charge < -0.3 is 10.2 Å². The van der Waals surface area contributed by atoms with Gasteiger partial charge in [-0.3, -0.25) is 0 Å². The summed E-state index contributed by atoms with van der Waals surface area (Å²) in [6, 6.07) is 1.33. The molecule has 2 rings (SSSR count). The highest BCUT2D eigenvalue weighted by molar-refractivity contribution is 9.10. The molecule has 0 amide bonds. The molecule has 1 aromatic rings. The number of hydrogen-bond donors (Lipinski definition) is 1. The van der Waals surface area contributed by atoms with Crippen LogP contribution in [-0.2, 0) is 0 Å². The molecule has 0 aliphatic heterocycles. The van der Waals surface area contributed by atoms with E-state index in [0.29, 0.717) is 11.1 Å². The first-order valence-electron chi connectivity index (χ1n) is 4.37. The molecule has 0 aromatic carbocycles. The van der Waals surface area contributed by atoms with Gasteiger partial charge in [0.15, 0.2) is 4.67 Å². The Balaban J connectivity index is 1.97. The van der Waals surface area contributed by atoms with Crippen molar-refractivity contribution in [1.29, 1.82) is 0 Å². The first kappa shape index (κ1) is 10.1. The fourth-order valence-corrected chi connectivity index (χ4v) is 2.06. The standard InChI is InChI=1S/C9H10BrF2NO/c10-8-6(1-2-14-8)7(13)3-5-4-9(5,11)12/h1-2,5,7H,3-4,13H2. The van der Waals surface area contributed by atoms with Crippen molar-refractivity contribution < 1.29 is 13.2 Å². The number of nitrogens with two attached hydrogens (primary N) is 1. The summed E-state index contributed by atoms with van der Waals surface area (Å²) in [6.45, 7) is 0. The Morgan fingerprint density at radius 1 is 1.71 bits per heavy atom. The van der Waals surface area contributed by atoms with Crippen LogP contribution in [0.25, 0.3) is 0 Å². The molecule has 0 bridgehead atoms. The average Bonchev–Trinajstić information content (AvgIpc) is 2.53. The molecule has 1 saturated carbocycles. The Morgan fingerprint density at radius 2 is 2.36 bits per heavy atom. The largest absolute Gasteiger partial charge is 0.457 e. The van der Waals surface area contributed by atoms with Gasteiger partial charge in [-0.15, -0.1) is 0 Å². The van der Waals surface area contributed by atoms with Gasteiger partial charge in [-0.05, 0) is 28.4 Å². The van der Waals surface area contributed by atoms with E-state index >= 15 is 0 Å². The third-order valence-electron chi connectivity index (χ3n) is 2.54. The van der Waals surface area contributed by atoms with Gasteiger partial charge in [-0.1, -0.05) is 0 Å². The molecule has 0 spiro atoms. The monoisotopic (exact) mass is 265 g/mol. The molecule has 1 aliphatic rings. The van der Waals surface area contributed by atoms with Crippen molar-refractivity contribution in [2.24, 2.45) is 11.7 Å². The molecule has 14 heavy (non-hydrogen) atoms. The number of alkyl halides is 2. The van der Waals surface area contributed by atoms with Crippen LogP contribution in [0.5, 0.6) is 0 Å². The maximum atomic E-state index is 12.6. The van der Waals surface area contributed by atoms with E-state index in [-0.39, 0.29) is 12.5 Å². The van der Waals surface area contributed by atoms with E-state index in [1.165, 1.54) is 6.26 Å². The fraction of sp³-hybridized carbons (Fsp3) is 0.556. The van der Waals surface area contributed by atoms with Crippen LogP contribution in [0.3, 0.4) is 0 Å². The van der Waals surface area contributed by atoms with Crippen molar-refractivity contribution >= 4 is 15.9 Å². The highest BCUT2D eigenvalue weighted by Crippen LogP contribution is 2.52. The van der Waals surface area contributed by atoms with Gasteiger partial charge in [0.2, 0.25) is 0 Å². The minimum atomic E-state index is -2.49. The van der Waals surface area contributed by atoms with Crippen LogP contribution >= 0.6 is 15.9 Å². The number of halogens is 3. The van der Waals surface area contributed by atoms with E-state index in [4.69, 9.17) is 10.2 Å². The van der Waals surface area contributed by atoms with E-state index in [1.807, 2.05) is 0 Å². The van der Waals surface area contributed by atoms with E-state index in [2.05, 4.69) is 15.9 Å². The van der Waals surface area contributed by atoms with Crippen LogP contribution in [-0.4, -0.2) is 5.92 Å². The molecule has 2 N–H and O–H groups in total. The lowest BCUT2D eigenvalue weighted by atomic mass is 10.1. The van der Waals surface area contributed by atoms with Gasteiger partial charge >= 0.3 is 0 Å². The van der Waals surface area contributed by atoms with Crippen molar-refractivity contribution in [3.63, 3.8) is 0 Å². The second kappa shape index (κ2) is 3.31. The molecule has 2 nitrogen and oxygen atoms in total. The summed E-state index contributed by atoms with van der Waals surface area (Å²) < 4.78 is 30.7. The number of furan rings is 1. The molecule has 2 unspecified atom stereocenters. The topological polar surface area (TPSA) is 39.2 Å². The molecular formula is C9H10BrF2NO. The molecule has 0 radical (unpaired) electrons. The third-order valence-corrected chi connectivity index (χ3v) is 3.18. The van der Waals surface area contributed by atoms with Crippen molar-refractivity contribution in [2.75, 3.05) is 0 Å². The molecule has 1 aromatic heterocycles. The molecule has 5 heteroatoms. The smallest absolute Gasteiger partial charge is 0.251 e. The number of hydrogen-bond acceptors (Lipinski definition) is 2. The summed E-state index contributed by atoms with van der Waals surface area (Å²) in [5.41, 5.74) is 6.54. The molecule has 1 aliphatic carbocycles. The highest BCUT2D eigenvalue weighted by atomic mass is 79.9. The van der Waals surface area contributed by atoms with Crippen molar-refractivity contribution in [3.05, 3.63) is 22.6 Å². The van der Waals surface area contributed by atoms with Crippen molar-refractivity contribution in [3.8, 4) is 0 Å². The van der Waals surface area contributed by atoms with Crippen molar-refractivity contribution in [1.82, 2.24) is 0 Å². The number of rotatable bonds is 3. The predicted octanol–water partition coefficient (Wildman–Crippen LogP) is 3.09. The zero-order chi connectivity index (χ0) is 10.3. The Bertz CT molecular complexity index is 339. The zero-order valence-corrected chi connectivity index (χ0v) is 8.93. The lowest BCUT2D eigenvalue weighted by Gasteiger charge is -2.08. The van der Waals surface area contributed by atoms with Crippen LogP contribution in [0.4, 0.5) is 8.78 Å². The van der Waals surface area contributed by atoms with Crippen LogP contribution in [0.2, 0.25) is 0 Å². The van der Waals surface area contributed by atoms with Gasteiger partial charge in [-0.2, -0.15) is 0 Å². The lowest BCUT2D eigenvalue weighted by molar-refractivity contribution is 0.0954. The van der Waals surface area contributed by atoms with Gasteiger partial charge in [0, 0.05) is 23.9 Å². The molecule has 78 valence electrons. The maximum Gasteiger partial charge on any atom is 0.251 e. The highest BCUT2D eigenvalue weighted by Gasteiger charge is 2.56. The van der Waals surface area contributed by atoms with Crippen LogP contribution in [0, 0.1) is 5.92 Å². The summed E-state index contributed by atoms with van der Waals surface area (Å²) in [6.07, 6.45) is 1.77. The zero-order valence-electron chi connectivity index (χ0n) is 7.34. The normalized spacial score (nSPS) is 26.1. The van der Waals surface area contributed by atoms with Crippen LogP contribution in [0.15, 0.2) is 21.4 Å². The van der Waals surface area contributed by atoms with Crippen LogP contribution in [0.1, 0.15) is 24.4 Å². The van der Waals surface area contributed by atoms with Crippen LogP contribution < -0.4 is 5.73 Å². The van der Waals surface area contributed by atoms with Gasteiger partial charge in [0.25, 0.3) is 5.92 Å². The summed E-state index contributed by atoms with van der Waals surface area (Å²) >= 11 is 3.17. The summed E-state index contributed by atoms with van der Waals surface area (Å²) in [7, 11) is 0. The predicted molar refractivity (Wildman–Crippen MR) is 51.0 cm³/mol. The Hall–Kier alpha value is -0.420. The average molecular weight is 266 g/mol. The SMILES string of the molecule is NC(CC1CC1(F)F)c1ccoc1Br. The van der Waals surface area contributed by atoms with Gasteiger partial charge in [0.1, 0.15) is 0 Å². The van der Waals surface area contributed by atoms with Gasteiger partial charge in [-0.25, -0.2) is 8.78 Å². The lowest BCUT2D eigenvalue weighted by Crippen LogP contribution is -2.12. The first-order chi connectivity index (χ1) is 6.50. The van der Waals surface area contributed by atoms with E-state index in [9.17, 15) is 8.78 Å². The summed E-state index contributed by atoms with van der Waals surface area (Å²) in [5, 5.41) is 0. The first-order valence-corrected chi connectivity index (χ1v) is 5.16. The molecular weight excluding hydrogens is 256 g/mol. The minimum Gasteiger partial charge on any atom is -0.457 e. The Labute approximate surface area is 88.6 Å². The summed E-state index contributed by atoms with van der Waals surface area (Å²) in [4.78, 5) is 0. The molecule has 2 atom stereocenters.